The summed E-state index contributed by atoms with van der Waals surface area (Å²) in [6.45, 7) is 6.03. The van der Waals surface area contributed by atoms with Gasteiger partial charge in [0.05, 0.1) is 23.6 Å². The highest BCUT2D eigenvalue weighted by Crippen LogP contribution is 2.57. The first-order valence-electron chi connectivity index (χ1n) is 15.5. The monoisotopic (exact) mass is 584 g/mol. The molecule has 2 unspecified atom stereocenters. The number of aliphatic hydroxyl groups is 2. The van der Waals surface area contributed by atoms with Crippen molar-refractivity contribution in [3.05, 3.63) is 96.1 Å². The molecular weight excluding hydrogens is 544 g/mol. The maximum atomic E-state index is 12.3. The van der Waals surface area contributed by atoms with Gasteiger partial charge in [0.1, 0.15) is 0 Å². The largest absolute Gasteiger partial charge is 0.398 e. The predicted octanol–water partition coefficient (Wildman–Crippen LogP) is 6.98. The van der Waals surface area contributed by atoms with Gasteiger partial charge in [0.15, 0.2) is 0 Å². The van der Waals surface area contributed by atoms with Crippen LogP contribution in [0.3, 0.4) is 0 Å². The van der Waals surface area contributed by atoms with Gasteiger partial charge in [-0.25, -0.2) is 0 Å². The van der Waals surface area contributed by atoms with Gasteiger partial charge in [-0.15, -0.1) is 0 Å². The van der Waals surface area contributed by atoms with E-state index in [0.717, 1.165) is 78.7 Å². The number of rotatable bonds is 6. The van der Waals surface area contributed by atoms with Crippen LogP contribution in [0.1, 0.15) is 36.8 Å². The lowest BCUT2D eigenvalue weighted by atomic mass is 9.60. The molecule has 0 spiro atoms. The van der Waals surface area contributed by atoms with Crippen LogP contribution < -0.4 is 21.3 Å². The summed E-state index contributed by atoms with van der Waals surface area (Å²) in [7, 11) is 4.07. The fourth-order valence-electron chi connectivity index (χ4n) is 7.99. The van der Waals surface area contributed by atoms with Crippen molar-refractivity contribution in [1.29, 1.82) is 0 Å². The van der Waals surface area contributed by atoms with Crippen LogP contribution in [0.2, 0.25) is 0 Å². The van der Waals surface area contributed by atoms with E-state index in [0.29, 0.717) is 11.4 Å². The first-order valence-corrected chi connectivity index (χ1v) is 15.5. The van der Waals surface area contributed by atoms with Gasteiger partial charge < -0.3 is 31.5 Å². The standard InChI is InChI=1S/C38H40N4O2/c1-5-42(6-2)36-24-16-10-8-14-22(24)32(30-26(36)18-12-20-28(30)40)34-37(43)33(38(34)44)31-21-13-7-9-15-23(21)35(41(3)4)25-17-11-19-27(39)29(25)31/h7-20,33-34,37-38,43-44H,5-6,39-40H2,1-4H3. The number of hydrogen-bond donors (Lipinski definition) is 4. The van der Waals surface area contributed by atoms with Crippen LogP contribution in [0.5, 0.6) is 0 Å². The Morgan fingerprint density at radius 2 is 0.932 bits per heavy atom. The second-order valence-corrected chi connectivity index (χ2v) is 12.3. The maximum Gasteiger partial charge on any atom is 0.0728 e. The van der Waals surface area contributed by atoms with Crippen LogP contribution in [0.25, 0.3) is 43.1 Å². The average molecular weight is 585 g/mol. The third-order valence-corrected chi connectivity index (χ3v) is 9.85. The summed E-state index contributed by atoms with van der Waals surface area (Å²) < 4.78 is 0. The van der Waals surface area contributed by atoms with Gasteiger partial charge in [-0.1, -0.05) is 72.8 Å². The van der Waals surface area contributed by atoms with Gasteiger partial charge in [-0.2, -0.15) is 0 Å². The van der Waals surface area contributed by atoms with Crippen molar-refractivity contribution in [2.24, 2.45) is 0 Å². The number of nitrogens with zero attached hydrogens (tertiary/aromatic N) is 2. The fraction of sp³-hybridized carbons (Fsp3) is 0.263. The van der Waals surface area contributed by atoms with Gasteiger partial charge >= 0.3 is 0 Å². The Kier molecular flexibility index (Phi) is 6.80. The van der Waals surface area contributed by atoms with E-state index in [-0.39, 0.29) is 0 Å². The van der Waals surface area contributed by atoms with Crippen molar-refractivity contribution >= 4 is 65.8 Å². The van der Waals surface area contributed by atoms with Crippen LogP contribution in [0, 0.1) is 0 Å². The summed E-state index contributed by atoms with van der Waals surface area (Å²) in [6, 6.07) is 28.6. The van der Waals surface area contributed by atoms with Crippen molar-refractivity contribution in [2.75, 3.05) is 48.5 Å². The number of fused-ring (bicyclic) bond motifs is 4. The van der Waals surface area contributed by atoms with E-state index in [2.05, 4.69) is 66.1 Å². The van der Waals surface area contributed by atoms with Crippen LogP contribution in [-0.4, -0.2) is 49.6 Å². The second-order valence-electron chi connectivity index (χ2n) is 12.3. The van der Waals surface area contributed by atoms with Gasteiger partial charge in [0, 0.05) is 82.7 Å². The molecule has 0 aromatic heterocycles. The highest BCUT2D eigenvalue weighted by atomic mass is 16.3. The molecule has 7 rings (SSSR count). The summed E-state index contributed by atoms with van der Waals surface area (Å²) in [5.74, 6) is -1.07. The third kappa shape index (κ3) is 3.87. The Morgan fingerprint density at radius 3 is 1.36 bits per heavy atom. The van der Waals surface area contributed by atoms with Gasteiger partial charge in [-0.05, 0) is 47.9 Å². The quantitative estimate of drug-likeness (QED) is 0.125. The Labute approximate surface area is 258 Å². The molecule has 224 valence electrons. The molecule has 1 aliphatic carbocycles. The molecule has 0 amide bonds. The minimum Gasteiger partial charge on any atom is -0.398 e. The summed E-state index contributed by atoms with van der Waals surface area (Å²) in [6.07, 6.45) is -1.71. The average Bonchev–Trinajstić information content (AvgIpc) is 3.02. The molecule has 0 bridgehead atoms. The molecule has 6 aromatic rings. The molecule has 1 fully saturated rings. The lowest BCUT2D eigenvalue weighted by Gasteiger charge is -2.49. The lowest BCUT2D eigenvalue weighted by molar-refractivity contribution is -0.0765. The zero-order valence-corrected chi connectivity index (χ0v) is 25.8. The molecule has 6 nitrogen and oxygen atoms in total. The number of anilines is 4. The van der Waals surface area contributed by atoms with Crippen LogP contribution in [0.4, 0.5) is 22.7 Å². The van der Waals surface area contributed by atoms with Crippen LogP contribution in [0.15, 0.2) is 84.9 Å². The molecule has 1 saturated carbocycles. The number of hydrogen-bond acceptors (Lipinski definition) is 6. The molecular formula is C38H40N4O2. The van der Waals surface area contributed by atoms with Crippen molar-refractivity contribution in [3.8, 4) is 0 Å². The number of aliphatic hydroxyl groups excluding tert-OH is 2. The summed E-state index contributed by atoms with van der Waals surface area (Å²) in [4.78, 5) is 4.47. The molecule has 1 aliphatic rings. The van der Waals surface area contributed by atoms with E-state index in [1.54, 1.807) is 0 Å². The second kappa shape index (κ2) is 10.6. The highest BCUT2D eigenvalue weighted by Gasteiger charge is 2.53. The number of benzene rings is 6. The normalized spacial score (nSPS) is 20.0. The van der Waals surface area contributed by atoms with E-state index >= 15 is 0 Å². The van der Waals surface area contributed by atoms with Gasteiger partial charge in [0.25, 0.3) is 0 Å². The molecule has 0 saturated heterocycles. The zero-order chi connectivity index (χ0) is 30.9. The SMILES string of the molecule is CCN(CC)c1c2ccccc2c(C2C(O)C(c3c4ccccc4c(N(C)C)c4cccc(N)c34)C2O)c2c(N)cccc12. The van der Waals surface area contributed by atoms with Crippen LogP contribution >= 0.6 is 0 Å². The zero-order valence-electron chi connectivity index (χ0n) is 25.8. The molecule has 0 aliphatic heterocycles. The maximum absolute atomic E-state index is 12.3. The molecule has 44 heavy (non-hydrogen) atoms. The minimum absolute atomic E-state index is 0.532. The molecule has 6 heteroatoms. The van der Waals surface area contributed by atoms with E-state index < -0.39 is 24.0 Å². The van der Waals surface area contributed by atoms with Gasteiger partial charge in [-0.3, -0.25) is 0 Å². The van der Waals surface area contributed by atoms with Gasteiger partial charge in [0.2, 0.25) is 0 Å². The fourth-order valence-corrected chi connectivity index (χ4v) is 7.99. The Balaban J connectivity index is 1.50. The first kappa shape index (κ1) is 28.3. The van der Waals surface area contributed by atoms with E-state index in [1.165, 1.54) is 0 Å². The van der Waals surface area contributed by atoms with E-state index in [1.807, 2.05) is 56.6 Å². The summed E-state index contributed by atoms with van der Waals surface area (Å²) >= 11 is 0. The lowest BCUT2D eigenvalue weighted by Crippen LogP contribution is -2.52. The van der Waals surface area contributed by atoms with E-state index in [9.17, 15) is 10.2 Å². The Morgan fingerprint density at radius 1 is 0.545 bits per heavy atom. The summed E-state index contributed by atoms with van der Waals surface area (Å²) in [5.41, 5.74) is 18.8. The number of nitrogens with two attached hydrogens (primary N) is 2. The van der Waals surface area contributed by atoms with Crippen molar-refractivity contribution < 1.29 is 10.2 Å². The third-order valence-electron chi connectivity index (χ3n) is 9.85. The van der Waals surface area contributed by atoms with Crippen molar-refractivity contribution in [3.63, 3.8) is 0 Å². The molecule has 6 N–H and O–H groups in total. The van der Waals surface area contributed by atoms with Crippen LogP contribution in [-0.2, 0) is 0 Å². The highest BCUT2D eigenvalue weighted by molar-refractivity contribution is 6.19. The Hall–Kier alpha value is -4.52. The molecule has 2 atom stereocenters. The smallest absolute Gasteiger partial charge is 0.0728 e. The first-order chi connectivity index (χ1) is 21.3. The minimum atomic E-state index is -0.855. The Bertz CT molecular complexity index is 2060. The molecule has 0 heterocycles. The number of nitrogen functional groups attached to an aromatic ring is 2. The topological polar surface area (TPSA) is 99.0 Å². The summed E-state index contributed by atoms with van der Waals surface area (Å²) in [5, 5.41) is 32.5. The molecule has 0 radical (unpaired) electrons. The van der Waals surface area contributed by atoms with Crippen molar-refractivity contribution in [2.45, 2.75) is 37.9 Å². The predicted molar refractivity (Wildman–Crippen MR) is 187 cm³/mol. The van der Waals surface area contributed by atoms with E-state index in [4.69, 9.17) is 11.5 Å². The van der Waals surface area contributed by atoms with Crippen molar-refractivity contribution in [1.82, 2.24) is 0 Å². The molecule has 6 aromatic carbocycles.